The van der Waals surface area contributed by atoms with E-state index in [9.17, 15) is 19.8 Å². The van der Waals surface area contributed by atoms with E-state index in [0.29, 0.717) is 39.0 Å². The summed E-state index contributed by atoms with van der Waals surface area (Å²) in [6.45, 7) is 9.53. The largest absolute Gasteiger partial charge is 0.383 e. The van der Waals surface area contributed by atoms with Gasteiger partial charge in [-0.15, -0.1) is 0 Å². The molecule has 4 N–H and O–H groups in total. The lowest BCUT2D eigenvalue weighted by Crippen LogP contribution is -2.43. The number of aliphatic hydroxyl groups is 2. The number of carbonyl (C=O) groups is 2. The molecule has 2 amide bonds. The summed E-state index contributed by atoms with van der Waals surface area (Å²) in [6, 6.07) is 0. The number of rotatable bonds is 27. The Morgan fingerprint density at radius 1 is 0.568 bits per heavy atom. The smallest absolute Gasteiger partial charge is 0.248 e. The molecule has 7 heteroatoms. The van der Waals surface area contributed by atoms with Crippen molar-refractivity contribution in [2.75, 3.05) is 32.7 Å². The molecule has 0 saturated carbocycles. The van der Waals surface area contributed by atoms with Gasteiger partial charge in [-0.1, -0.05) is 124 Å². The van der Waals surface area contributed by atoms with Gasteiger partial charge < -0.3 is 25.7 Å². The number of nitrogens with one attached hydrogen (secondary N) is 2. The van der Waals surface area contributed by atoms with Gasteiger partial charge in [0, 0.05) is 26.2 Å². The number of unbranched alkanes of at least 4 members (excludes halogenated alkanes) is 14. The van der Waals surface area contributed by atoms with Crippen LogP contribution in [0.5, 0.6) is 0 Å². The maximum atomic E-state index is 12.2. The monoisotopic (exact) mass is 527 g/mol. The minimum Gasteiger partial charge on any atom is -0.383 e. The van der Waals surface area contributed by atoms with Gasteiger partial charge in [-0.25, -0.2) is 0 Å². The number of hydrogen-bond acceptors (Lipinski definition) is 5. The first-order valence-corrected chi connectivity index (χ1v) is 15.6. The van der Waals surface area contributed by atoms with Crippen LogP contribution in [0, 0.1) is 0 Å². The van der Waals surface area contributed by atoms with Crippen molar-refractivity contribution in [1.29, 1.82) is 0 Å². The Labute approximate surface area is 228 Å². The summed E-state index contributed by atoms with van der Waals surface area (Å²) >= 11 is 0. The standard InChI is InChI=1S/C30H61N3O4/c1-4-7-9-11-13-15-17-19-21-27(34)29(36)31-23-25-33(6-3)26-24-32-30(37)28(35)22-20-18-16-14-12-10-8-5-2/h27-28,34-35H,4-26H2,1-3H3,(H,31,36)(H,32,37). The average molecular weight is 528 g/mol. The highest BCUT2D eigenvalue weighted by atomic mass is 16.3. The van der Waals surface area contributed by atoms with Crippen molar-refractivity contribution in [3.8, 4) is 0 Å². The number of hydrogen-bond donors (Lipinski definition) is 4. The van der Waals surface area contributed by atoms with E-state index in [0.717, 1.165) is 32.2 Å². The third kappa shape index (κ3) is 22.5. The minimum atomic E-state index is -0.933. The van der Waals surface area contributed by atoms with Crippen molar-refractivity contribution in [2.45, 2.75) is 149 Å². The Bertz CT molecular complexity index is 489. The van der Waals surface area contributed by atoms with Crippen molar-refractivity contribution in [3.63, 3.8) is 0 Å². The fourth-order valence-corrected chi connectivity index (χ4v) is 4.54. The summed E-state index contributed by atoms with van der Waals surface area (Å²) in [6.07, 6.45) is 18.3. The molecule has 0 aromatic carbocycles. The summed E-state index contributed by atoms with van der Waals surface area (Å²) < 4.78 is 0. The average Bonchev–Trinajstić information content (AvgIpc) is 2.90. The van der Waals surface area contributed by atoms with Gasteiger partial charge in [0.1, 0.15) is 12.2 Å². The molecule has 0 bridgehead atoms. The zero-order chi connectivity index (χ0) is 27.6. The second-order valence-corrected chi connectivity index (χ2v) is 10.6. The molecule has 2 unspecified atom stereocenters. The predicted molar refractivity (Wildman–Crippen MR) is 155 cm³/mol. The molecule has 37 heavy (non-hydrogen) atoms. The van der Waals surface area contributed by atoms with Gasteiger partial charge in [0.15, 0.2) is 0 Å². The molecule has 0 aromatic heterocycles. The lowest BCUT2D eigenvalue weighted by atomic mass is 10.1. The van der Waals surface area contributed by atoms with E-state index in [-0.39, 0.29) is 11.8 Å². The van der Waals surface area contributed by atoms with E-state index in [1.54, 1.807) is 0 Å². The molecule has 220 valence electrons. The van der Waals surface area contributed by atoms with Gasteiger partial charge in [-0.3, -0.25) is 9.59 Å². The van der Waals surface area contributed by atoms with Crippen molar-refractivity contribution >= 4 is 11.8 Å². The molecule has 0 spiro atoms. The van der Waals surface area contributed by atoms with Crippen LogP contribution in [0.4, 0.5) is 0 Å². The van der Waals surface area contributed by atoms with E-state index in [4.69, 9.17) is 0 Å². The first kappa shape index (κ1) is 35.8. The van der Waals surface area contributed by atoms with Gasteiger partial charge >= 0.3 is 0 Å². The summed E-state index contributed by atoms with van der Waals surface area (Å²) in [7, 11) is 0. The van der Waals surface area contributed by atoms with Crippen molar-refractivity contribution in [2.24, 2.45) is 0 Å². The van der Waals surface area contributed by atoms with Crippen LogP contribution in [0.2, 0.25) is 0 Å². The van der Waals surface area contributed by atoms with Gasteiger partial charge in [0.25, 0.3) is 0 Å². The van der Waals surface area contributed by atoms with Crippen LogP contribution < -0.4 is 10.6 Å². The van der Waals surface area contributed by atoms with Crippen LogP contribution in [-0.2, 0) is 9.59 Å². The highest BCUT2D eigenvalue weighted by Gasteiger charge is 2.16. The normalized spacial score (nSPS) is 13.0. The molecule has 0 saturated heterocycles. The predicted octanol–water partition coefficient (Wildman–Crippen LogP) is 5.32. The van der Waals surface area contributed by atoms with E-state index in [1.807, 2.05) is 6.92 Å². The fourth-order valence-electron chi connectivity index (χ4n) is 4.54. The zero-order valence-electron chi connectivity index (χ0n) is 24.6. The number of amides is 2. The number of carbonyl (C=O) groups excluding carboxylic acids is 2. The van der Waals surface area contributed by atoms with Gasteiger partial charge in [0.2, 0.25) is 11.8 Å². The highest BCUT2D eigenvalue weighted by Crippen LogP contribution is 2.12. The number of nitrogens with zero attached hydrogens (tertiary/aromatic N) is 1. The molecular formula is C30H61N3O4. The van der Waals surface area contributed by atoms with Crippen LogP contribution in [0.3, 0.4) is 0 Å². The molecule has 0 rings (SSSR count). The molecule has 2 atom stereocenters. The van der Waals surface area contributed by atoms with E-state index in [2.05, 4.69) is 29.4 Å². The van der Waals surface area contributed by atoms with E-state index >= 15 is 0 Å². The first-order chi connectivity index (χ1) is 18.0. The van der Waals surface area contributed by atoms with Crippen LogP contribution in [0.15, 0.2) is 0 Å². The molecule has 0 fully saturated rings. The Morgan fingerprint density at radius 3 is 1.22 bits per heavy atom. The van der Waals surface area contributed by atoms with E-state index in [1.165, 1.54) is 77.0 Å². The molecular weight excluding hydrogens is 466 g/mol. The molecule has 0 aliphatic carbocycles. The quantitative estimate of drug-likeness (QED) is 0.108. The van der Waals surface area contributed by atoms with Crippen LogP contribution >= 0.6 is 0 Å². The summed E-state index contributed by atoms with van der Waals surface area (Å²) in [5.41, 5.74) is 0. The SMILES string of the molecule is CCCCCCCCCCC(O)C(=O)NCCN(CC)CCNC(=O)C(O)CCCCCCCCCC. The summed E-state index contributed by atoms with van der Waals surface area (Å²) in [5.74, 6) is -0.590. The summed E-state index contributed by atoms with van der Waals surface area (Å²) in [5, 5.41) is 25.9. The lowest BCUT2D eigenvalue weighted by Gasteiger charge is -2.21. The fraction of sp³-hybridized carbons (Fsp3) is 0.933. The third-order valence-corrected chi connectivity index (χ3v) is 7.17. The van der Waals surface area contributed by atoms with Crippen LogP contribution in [0.1, 0.15) is 136 Å². The van der Waals surface area contributed by atoms with Gasteiger partial charge in [-0.2, -0.15) is 0 Å². The molecule has 0 heterocycles. The minimum absolute atomic E-state index is 0.295. The van der Waals surface area contributed by atoms with Crippen molar-refractivity contribution in [1.82, 2.24) is 15.5 Å². The molecule has 7 nitrogen and oxygen atoms in total. The maximum Gasteiger partial charge on any atom is 0.248 e. The van der Waals surface area contributed by atoms with Crippen LogP contribution in [-0.4, -0.2) is 71.9 Å². The topological polar surface area (TPSA) is 102 Å². The van der Waals surface area contributed by atoms with Gasteiger partial charge in [-0.05, 0) is 19.4 Å². The third-order valence-electron chi connectivity index (χ3n) is 7.17. The number of likely N-dealkylation sites (N-methyl/N-ethyl adjacent to an activating group) is 1. The Balaban J connectivity index is 3.81. The highest BCUT2D eigenvalue weighted by molar-refractivity contribution is 5.80. The van der Waals surface area contributed by atoms with E-state index < -0.39 is 12.2 Å². The molecule has 0 aromatic rings. The Kier molecular flexibility index (Phi) is 25.6. The second-order valence-electron chi connectivity index (χ2n) is 10.6. The first-order valence-electron chi connectivity index (χ1n) is 15.6. The Morgan fingerprint density at radius 2 is 0.892 bits per heavy atom. The second kappa shape index (κ2) is 26.4. The Hall–Kier alpha value is -1.18. The molecule has 0 aliphatic heterocycles. The molecule has 0 radical (unpaired) electrons. The van der Waals surface area contributed by atoms with Crippen LogP contribution in [0.25, 0.3) is 0 Å². The summed E-state index contributed by atoms with van der Waals surface area (Å²) in [4.78, 5) is 26.4. The molecule has 0 aliphatic rings. The zero-order valence-corrected chi connectivity index (χ0v) is 24.6. The number of aliphatic hydroxyl groups excluding tert-OH is 2. The van der Waals surface area contributed by atoms with Gasteiger partial charge in [0.05, 0.1) is 0 Å². The van der Waals surface area contributed by atoms with Crippen molar-refractivity contribution < 1.29 is 19.8 Å². The van der Waals surface area contributed by atoms with Crippen molar-refractivity contribution in [3.05, 3.63) is 0 Å². The lowest BCUT2D eigenvalue weighted by molar-refractivity contribution is -0.130. The maximum absolute atomic E-state index is 12.2.